The van der Waals surface area contributed by atoms with Gasteiger partial charge < -0.3 is 15.0 Å². The molecule has 2 saturated heterocycles. The first-order valence-corrected chi connectivity index (χ1v) is 10.8. The van der Waals surface area contributed by atoms with Gasteiger partial charge in [0.05, 0.1) is 18.8 Å². The number of para-hydroxylation sites is 1. The zero-order chi connectivity index (χ0) is 20.8. The van der Waals surface area contributed by atoms with Crippen LogP contribution >= 0.6 is 0 Å². The highest BCUT2D eigenvalue weighted by Crippen LogP contribution is 2.21. The van der Waals surface area contributed by atoms with Crippen molar-refractivity contribution in [3.8, 4) is 0 Å². The van der Waals surface area contributed by atoms with Crippen molar-refractivity contribution in [2.75, 3.05) is 64.4 Å². The van der Waals surface area contributed by atoms with E-state index in [-0.39, 0.29) is 11.9 Å². The number of nitrogens with one attached hydrogen (secondary N) is 1. The summed E-state index contributed by atoms with van der Waals surface area (Å²) in [5.41, 5.74) is 1.66. The summed E-state index contributed by atoms with van der Waals surface area (Å²) in [4.78, 5) is 24.0. The van der Waals surface area contributed by atoms with E-state index in [0.717, 1.165) is 70.4 Å². The molecule has 2 aliphatic heterocycles. The first-order valence-electron chi connectivity index (χ1n) is 10.8. The highest BCUT2D eigenvalue weighted by Gasteiger charge is 2.25. The van der Waals surface area contributed by atoms with Gasteiger partial charge in [0, 0.05) is 64.2 Å². The highest BCUT2D eigenvalue weighted by atomic mass is 16.5. The zero-order valence-corrected chi connectivity index (χ0v) is 17.7. The molecule has 30 heavy (non-hydrogen) atoms. The minimum atomic E-state index is -0.0450. The van der Waals surface area contributed by atoms with Crippen LogP contribution in [0.3, 0.4) is 0 Å². The van der Waals surface area contributed by atoms with Crippen LogP contribution in [0.15, 0.2) is 48.7 Å². The summed E-state index contributed by atoms with van der Waals surface area (Å²) in [5, 5.41) is 3.18. The third-order valence-electron chi connectivity index (χ3n) is 5.94. The number of pyridine rings is 1. The van der Waals surface area contributed by atoms with Crippen molar-refractivity contribution in [2.45, 2.75) is 12.5 Å². The molecule has 7 heteroatoms. The predicted molar refractivity (Wildman–Crippen MR) is 118 cm³/mol. The SMILES string of the molecule is CN(c1ccccc1)c1ccc(C(=O)NC2CCN(CCN3CCOCC3)C2)cn1. The fraction of sp³-hybridized carbons (Fsp3) is 0.478. The summed E-state index contributed by atoms with van der Waals surface area (Å²) in [6, 6.07) is 14.0. The maximum atomic E-state index is 12.7. The standard InChI is InChI=1S/C23H31N5O2/c1-26(21-5-3-2-4-6-21)22-8-7-19(17-24-22)23(29)25-20-9-10-28(18-20)12-11-27-13-15-30-16-14-27/h2-8,17,20H,9-16,18H2,1H3,(H,25,29). The molecule has 1 amide bonds. The molecule has 0 spiro atoms. The van der Waals surface area contributed by atoms with Crippen LogP contribution in [0.5, 0.6) is 0 Å². The normalized spacial score (nSPS) is 20.2. The van der Waals surface area contributed by atoms with Crippen molar-refractivity contribution in [2.24, 2.45) is 0 Å². The second-order valence-electron chi connectivity index (χ2n) is 8.01. The number of likely N-dealkylation sites (tertiary alicyclic amines) is 1. The lowest BCUT2D eigenvalue weighted by molar-refractivity contribution is 0.0343. The van der Waals surface area contributed by atoms with E-state index in [0.29, 0.717) is 5.56 Å². The summed E-state index contributed by atoms with van der Waals surface area (Å²) in [6.45, 7) is 7.80. The van der Waals surface area contributed by atoms with Crippen LogP contribution in [0.4, 0.5) is 11.5 Å². The molecule has 0 saturated carbocycles. The number of morpholine rings is 1. The third kappa shape index (κ3) is 5.36. The van der Waals surface area contributed by atoms with Crippen LogP contribution in [0, 0.1) is 0 Å². The summed E-state index contributed by atoms with van der Waals surface area (Å²) in [5.74, 6) is 0.768. The summed E-state index contributed by atoms with van der Waals surface area (Å²) in [7, 11) is 1.97. The Labute approximate surface area is 178 Å². The molecule has 0 aliphatic carbocycles. The van der Waals surface area contributed by atoms with Gasteiger partial charge in [0.1, 0.15) is 5.82 Å². The lowest BCUT2D eigenvalue weighted by Gasteiger charge is -2.28. The Morgan fingerprint density at radius 1 is 1.10 bits per heavy atom. The van der Waals surface area contributed by atoms with E-state index in [4.69, 9.17) is 4.74 Å². The summed E-state index contributed by atoms with van der Waals surface area (Å²) < 4.78 is 5.41. The Kier molecular flexibility index (Phi) is 6.94. The second-order valence-corrected chi connectivity index (χ2v) is 8.01. The Hall–Kier alpha value is -2.48. The Bertz CT molecular complexity index is 808. The minimum absolute atomic E-state index is 0.0450. The van der Waals surface area contributed by atoms with Crippen molar-refractivity contribution in [1.29, 1.82) is 0 Å². The lowest BCUT2D eigenvalue weighted by atomic mass is 10.2. The number of rotatable bonds is 7. The molecule has 2 aromatic rings. The van der Waals surface area contributed by atoms with Crippen LogP contribution in [0.25, 0.3) is 0 Å². The number of carbonyl (C=O) groups is 1. The molecular formula is C23H31N5O2. The van der Waals surface area contributed by atoms with Crippen molar-refractivity contribution in [3.63, 3.8) is 0 Å². The monoisotopic (exact) mass is 409 g/mol. The first kappa shape index (κ1) is 20.8. The lowest BCUT2D eigenvalue weighted by Crippen LogP contribution is -2.42. The number of aromatic nitrogens is 1. The molecule has 1 N–H and O–H groups in total. The van der Waals surface area contributed by atoms with E-state index in [1.54, 1.807) is 6.20 Å². The van der Waals surface area contributed by atoms with Gasteiger partial charge in [-0.1, -0.05) is 18.2 Å². The molecule has 160 valence electrons. The zero-order valence-electron chi connectivity index (χ0n) is 17.7. The van der Waals surface area contributed by atoms with Gasteiger partial charge in [0.2, 0.25) is 0 Å². The van der Waals surface area contributed by atoms with Crippen molar-refractivity contribution < 1.29 is 9.53 Å². The molecule has 1 aromatic heterocycles. The van der Waals surface area contributed by atoms with Crippen LogP contribution in [-0.4, -0.2) is 86.3 Å². The van der Waals surface area contributed by atoms with Gasteiger partial charge in [-0.3, -0.25) is 14.6 Å². The molecule has 1 unspecified atom stereocenters. The van der Waals surface area contributed by atoms with Crippen LogP contribution < -0.4 is 10.2 Å². The molecule has 2 aliphatic rings. The number of hydrogen-bond donors (Lipinski definition) is 1. The predicted octanol–water partition coefficient (Wildman–Crippen LogP) is 1.99. The van der Waals surface area contributed by atoms with Crippen molar-refractivity contribution >= 4 is 17.4 Å². The second kappa shape index (κ2) is 10.0. The van der Waals surface area contributed by atoms with Crippen LogP contribution in [-0.2, 0) is 4.74 Å². The van der Waals surface area contributed by atoms with Crippen molar-refractivity contribution in [1.82, 2.24) is 20.1 Å². The summed E-state index contributed by atoms with van der Waals surface area (Å²) in [6.07, 6.45) is 2.66. The van der Waals surface area contributed by atoms with E-state index in [9.17, 15) is 4.79 Å². The van der Waals surface area contributed by atoms with E-state index in [2.05, 4.69) is 20.1 Å². The molecule has 1 atom stereocenters. The molecule has 4 rings (SSSR count). The molecule has 0 radical (unpaired) electrons. The smallest absolute Gasteiger partial charge is 0.253 e. The van der Waals surface area contributed by atoms with E-state index >= 15 is 0 Å². The Morgan fingerprint density at radius 2 is 1.87 bits per heavy atom. The molecule has 1 aromatic carbocycles. The highest BCUT2D eigenvalue weighted by molar-refractivity contribution is 5.94. The van der Waals surface area contributed by atoms with Gasteiger partial charge in [-0.2, -0.15) is 0 Å². The average Bonchev–Trinajstić information content (AvgIpc) is 3.26. The Balaban J connectivity index is 1.25. The molecule has 0 bridgehead atoms. The number of hydrogen-bond acceptors (Lipinski definition) is 6. The van der Waals surface area contributed by atoms with Gasteiger partial charge in [-0.15, -0.1) is 0 Å². The topological polar surface area (TPSA) is 60.9 Å². The van der Waals surface area contributed by atoms with Gasteiger partial charge in [-0.25, -0.2) is 4.98 Å². The largest absolute Gasteiger partial charge is 0.379 e. The maximum Gasteiger partial charge on any atom is 0.253 e. The number of amides is 1. The van der Waals surface area contributed by atoms with Gasteiger partial charge in [0.25, 0.3) is 5.91 Å². The fourth-order valence-corrected chi connectivity index (χ4v) is 4.03. The van der Waals surface area contributed by atoms with Crippen molar-refractivity contribution in [3.05, 3.63) is 54.2 Å². The minimum Gasteiger partial charge on any atom is -0.379 e. The first-order chi connectivity index (χ1) is 14.7. The molecule has 2 fully saturated rings. The van der Waals surface area contributed by atoms with E-state index < -0.39 is 0 Å². The quantitative estimate of drug-likeness (QED) is 0.755. The van der Waals surface area contributed by atoms with E-state index in [1.807, 2.05) is 54.4 Å². The molecule has 3 heterocycles. The van der Waals surface area contributed by atoms with Gasteiger partial charge in [-0.05, 0) is 30.7 Å². The fourth-order valence-electron chi connectivity index (χ4n) is 4.03. The Morgan fingerprint density at radius 3 is 2.60 bits per heavy atom. The van der Waals surface area contributed by atoms with Crippen LogP contribution in [0.2, 0.25) is 0 Å². The number of benzene rings is 1. The maximum absolute atomic E-state index is 12.7. The summed E-state index contributed by atoms with van der Waals surface area (Å²) >= 11 is 0. The molecule has 7 nitrogen and oxygen atoms in total. The number of ether oxygens (including phenoxy) is 1. The molecular weight excluding hydrogens is 378 g/mol. The average molecular weight is 410 g/mol. The number of anilines is 2. The van der Waals surface area contributed by atoms with E-state index in [1.165, 1.54) is 0 Å². The third-order valence-corrected chi connectivity index (χ3v) is 5.94. The van der Waals surface area contributed by atoms with Gasteiger partial charge in [0.15, 0.2) is 0 Å². The number of nitrogens with zero attached hydrogens (tertiary/aromatic N) is 4. The number of carbonyl (C=O) groups excluding carboxylic acids is 1. The van der Waals surface area contributed by atoms with Gasteiger partial charge >= 0.3 is 0 Å². The van der Waals surface area contributed by atoms with Crippen LogP contribution in [0.1, 0.15) is 16.8 Å².